The van der Waals surface area contributed by atoms with Gasteiger partial charge in [0.25, 0.3) is 5.91 Å². The number of halogens is 1. The maximum Gasteiger partial charge on any atom is 0.265 e. The van der Waals surface area contributed by atoms with Crippen LogP contribution in [0, 0.1) is 20.8 Å². The average Bonchev–Trinajstić information content (AvgIpc) is 2.53. The molecular formula is C19H22ClNO2. The number of hydrogen-bond donors (Lipinski definition) is 1. The van der Waals surface area contributed by atoms with Gasteiger partial charge < -0.3 is 10.1 Å². The van der Waals surface area contributed by atoms with E-state index in [0.29, 0.717) is 17.1 Å². The minimum absolute atomic E-state index is 0.168. The largest absolute Gasteiger partial charge is 0.480 e. The van der Waals surface area contributed by atoms with Gasteiger partial charge in [-0.2, -0.15) is 0 Å². The van der Waals surface area contributed by atoms with Crippen LogP contribution in [0.1, 0.15) is 30.0 Å². The first kappa shape index (κ1) is 17.4. The van der Waals surface area contributed by atoms with Crippen molar-refractivity contribution in [1.82, 2.24) is 0 Å². The fourth-order valence-electron chi connectivity index (χ4n) is 2.28. The van der Waals surface area contributed by atoms with E-state index in [4.69, 9.17) is 16.3 Å². The molecule has 2 aromatic carbocycles. The summed E-state index contributed by atoms with van der Waals surface area (Å²) in [6.45, 7) is 7.83. The van der Waals surface area contributed by atoms with Gasteiger partial charge in [-0.1, -0.05) is 36.7 Å². The molecule has 0 aliphatic heterocycles. The quantitative estimate of drug-likeness (QED) is 0.831. The van der Waals surface area contributed by atoms with Crippen molar-refractivity contribution in [2.45, 2.75) is 40.2 Å². The van der Waals surface area contributed by atoms with Gasteiger partial charge in [0, 0.05) is 10.7 Å². The molecule has 4 heteroatoms. The number of carbonyl (C=O) groups is 1. The Morgan fingerprint density at radius 1 is 1.13 bits per heavy atom. The molecule has 0 heterocycles. The number of benzene rings is 2. The van der Waals surface area contributed by atoms with E-state index in [1.54, 1.807) is 6.07 Å². The lowest BCUT2D eigenvalue weighted by Gasteiger charge is -2.20. The molecule has 2 aromatic rings. The van der Waals surface area contributed by atoms with Crippen LogP contribution in [0.4, 0.5) is 5.69 Å². The normalized spacial score (nSPS) is 11.9. The summed E-state index contributed by atoms with van der Waals surface area (Å²) in [6, 6.07) is 11.3. The maximum atomic E-state index is 12.5. The van der Waals surface area contributed by atoms with Gasteiger partial charge in [-0.3, -0.25) is 4.79 Å². The predicted molar refractivity (Wildman–Crippen MR) is 95.4 cm³/mol. The highest BCUT2D eigenvalue weighted by molar-refractivity contribution is 6.31. The number of nitrogens with one attached hydrogen (secondary N) is 1. The summed E-state index contributed by atoms with van der Waals surface area (Å²) < 4.78 is 5.93. The Morgan fingerprint density at radius 3 is 2.52 bits per heavy atom. The predicted octanol–water partition coefficient (Wildman–Crippen LogP) is 5.06. The molecule has 0 saturated heterocycles. The molecule has 0 spiro atoms. The van der Waals surface area contributed by atoms with E-state index < -0.39 is 6.10 Å². The first-order valence-electron chi connectivity index (χ1n) is 7.72. The van der Waals surface area contributed by atoms with Crippen LogP contribution in [0.2, 0.25) is 5.02 Å². The van der Waals surface area contributed by atoms with Crippen molar-refractivity contribution in [2.24, 2.45) is 0 Å². The summed E-state index contributed by atoms with van der Waals surface area (Å²) in [6.07, 6.45) is 0.0348. The van der Waals surface area contributed by atoms with E-state index in [1.165, 1.54) is 0 Å². The number of ether oxygens (including phenoxy) is 1. The van der Waals surface area contributed by atoms with Crippen LogP contribution in [0.3, 0.4) is 0 Å². The monoisotopic (exact) mass is 331 g/mol. The van der Waals surface area contributed by atoms with Crippen LogP contribution in [0.15, 0.2) is 36.4 Å². The number of carbonyl (C=O) groups excluding carboxylic acids is 1. The van der Waals surface area contributed by atoms with Crippen molar-refractivity contribution in [3.8, 4) is 5.75 Å². The van der Waals surface area contributed by atoms with E-state index in [0.717, 1.165) is 22.4 Å². The molecular weight excluding hydrogens is 310 g/mol. The second kappa shape index (κ2) is 7.51. The van der Waals surface area contributed by atoms with Crippen LogP contribution in [-0.4, -0.2) is 12.0 Å². The van der Waals surface area contributed by atoms with E-state index in [9.17, 15) is 4.79 Å². The molecule has 0 aromatic heterocycles. The first-order valence-corrected chi connectivity index (χ1v) is 8.10. The highest BCUT2D eigenvalue weighted by Gasteiger charge is 2.20. The summed E-state index contributed by atoms with van der Waals surface area (Å²) in [5.74, 6) is 0.577. The number of rotatable bonds is 5. The molecule has 23 heavy (non-hydrogen) atoms. The van der Waals surface area contributed by atoms with E-state index in [1.807, 2.05) is 58.0 Å². The van der Waals surface area contributed by atoms with Crippen LogP contribution >= 0.6 is 11.6 Å². The van der Waals surface area contributed by atoms with Gasteiger partial charge in [0.05, 0.1) is 0 Å². The first-order chi connectivity index (χ1) is 10.9. The van der Waals surface area contributed by atoms with Crippen molar-refractivity contribution in [1.29, 1.82) is 0 Å². The molecule has 1 amide bonds. The molecule has 0 fully saturated rings. The van der Waals surface area contributed by atoms with Gasteiger partial charge in [0.1, 0.15) is 5.75 Å². The second-order valence-electron chi connectivity index (χ2n) is 5.61. The van der Waals surface area contributed by atoms with Crippen LogP contribution < -0.4 is 10.1 Å². The summed E-state index contributed by atoms with van der Waals surface area (Å²) in [7, 11) is 0. The summed E-state index contributed by atoms with van der Waals surface area (Å²) in [5.41, 5.74) is 3.76. The van der Waals surface area contributed by atoms with Crippen molar-refractivity contribution in [2.75, 3.05) is 5.32 Å². The SMILES string of the molecule is CCC(Oc1cccc(C)c1C)C(=O)Nc1cccc(Cl)c1C. The van der Waals surface area contributed by atoms with Crippen molar-refractivity contribution >= 4 is 23.2 Å². The Bertz CT molecular complexity index is 713. The zero-order valence-electron chi connectivity index (χ0n) is 13.9. The Labute approximate surface area is 142 Å². The molecule has 122 valence electrons. The molecule has 0 radical (unpaired) electrons. The lowest BCUT2D eigenvalue weighted by atomic mass is 10.1. The topological polar surface area (TPSA) is 38.3 Å². The third-order valence-electron chi connectivity index (χ3n) is 4.01. The van der Waals surface area contributed by atoms with E-state index in [-0.39, 0.29) is 5.91 Å². The third kappa shape index (κ3) is 4.05. The number of aryl methyl sites for hydroxylation is 1. The van der Waals surface area contributed by atoms with Crippen molar-refractivity contribution < 1.29 is 9.53 Å². The summed E-state index contributed by atoms with van der Waals surface area (Å²) in [5, 5.41) is 3.54. The molecule has 1 unspecified atom stereocenters. The molecule has 1 atom stereocenters. The maximum absolute atomic E-state index is 12.5. The van der Waals surface area contributed by atoms with Crippen LogP contribution in [0.5, 0.6) is 5.75 Å². The Hall–Kier alpha value is -2.00. The molecule has 0 bridgehead atoms. The fourth-order valence-corrected chi connectivity index (χ4v) is 2.46. The summed E-state index contributed by atoms with van der Waals surface area (Å²) >= 11 is 6.10. The number of amides is 1. The molecule has 2 rings (SSSR count). The zero-order chi connectivity index (χ0) is 17.0. The summed E-state index contributed by atoms with van der Waals surface area (Å²) in [4.78, 5) is 12.5. The van der Waals surface area contributed by atoms with Gasteiger partial charge in [0.2, 0.25) is 0 Å². The van der Waals surface area contributed by atoms with Crippen LogP contribution in [-0.2, 0) is 4.79 Å². The number of hydrogen-bond acceptors (Lipinski definition) is 2. The molecule has 0 aliphatic carbocycles. The lowest BCUT2D eigenvalue weighted by molar-refractivity contribution is -0.122. The second-order valence-corrected chi connectivity index (χ2v) is 6.02. The highest BCUT2D eigenvalue weighted by Crippen LogP contribution is 2.25. The third-order valence-corrected chi connectivity index (χ3v) is 4.42. The fraction of sp³-hybridized carbons (Fsp3) is 0.316. The van der Waals surface area contributed by atoms with Crippen molar-refractivity contribution in [3.05, 3.63) is 58.1 Å². The van der Waals surface area contributed by atoms with E-state index >= 15 is 0 Å². The van der Waals surface area contributed by atoms with Gasteiger partial charge >= 0.3 is 0 Å². The Balaban J connectivity index is 2.15. The zero-order valence-corrected chi connectivity index (χ0v) is 14.7. The average molecular weight is 332 g/mol. The minimum atomic E-state index is -0.547. The Morgan fingerprint density at radius 2 is 1.83 bits per heavy atom. The van der Waals surface area contributed by atoms with Crippen LogP contribution in [0.25, 0.3) is 0 Å². The number of anilines is 1. The molecule has 3 nitrogen and oxygen atoms in total. The Kier molecular flexibility index (Phi) is 5.67. The van der Waals surface area contributed by atoms with Crippen molar-refractivity contribution in [3.63, 3.8) is 0 Å². The van der Waals surface area contributed by atoms with Gasteiger partial charge in [-0.25, -0.2) is 0 Å². The minimum Gasteiger partial charge on any atom is -0.480 e. The van der Waals surface area contributed by atoms with Gasteiger partial charge in [-0.05, 0) is 62.1 Å². The molecule has 0 aliphatic rings. The van der Waals surface area contributed by atoms with Gasteiger partial charge in [0.15, 0.2) is 6.10 Å². The molecule has 1 N–H and O–H groups in total. The molecule has 0 saturated carbocycles. The smallest absolute Gasteiger partial charge is 0.265 e. The van der Waals surface area contributed by atoms with E-state index in [2.05, 4.69) is 5.32 Å². The standard InChI is InChI=1S/C19H22ClNO2/c1-5-17(23-18-11-6-8-12(2)13(18)3)19(22)21-16-10-7-9-15(20)14(16)4/h6-11,17H,5H2,1-4H3,(H,21,22). The lowest BCUT2D eigenvalue weighted by Crippen LogP contribution is -2.32. The van der Waals surface area contributed by atoms with Gasteiger partial charge in [-0.15, -0.1) is 0 Å². The highest BCUT2D eigenvalue weighted by atomic mass is 35.5.